The van der Waals surface area contributed by atoms with Crippen molar-refractivity contribution < 1.29 is 13.2 Å². The second kappa shape index (κ2) is 9.54. The largest absolute Gasteiger partial charge is 0.325 e. The van der Waals surface area contributed by atoms with E-state index in [-0.39, 0.29) is 11.4 Å². The Bertz CT molecular complexity index is 1160. The molecule has 0 fully saturated rings. The Morgan fingerprint density at radius 3 is 2.26 bits per heavy atom. The molecule has 7 heteroatoms. The van der Waals surface area contributed by atoms with Crippen molar-refractivity contribution >= 4 is 38.9 Å². The number of hydrogen-bond donors (Lipinski definition) is 1. The van der Waals surface area contributed by atoms with E-state index < -0.39 is 15.9 Å². The SMILES string of the molecule is Cc1ccc(Cl)cc1N(CC(=O)Nc1ccc(C(C)C)cc1)S(=O)(=O)c1ccccc1. The summed E-state index contributed by atoms with van der Waals surface area (Å²) in [6, 6.07) is 20.5. The van der Waals surface area contributed by atoms with Crippen LogP contribution in [0.25, 0.3) is 0 Å². The average Bonchev–Trinajstić information content (AvgIpc) is 2.75. The molecule has 31 heavy (non-hydrogen) atoms. The predicted octanol–water partition coefficient (Wildman–Crippen LogP) is 5.61. The fraction of sp³-hybridized carbons (Fsp3) is 0.208. The van der Waals surface area contributed by atoms with Crippen molar-refractivity contribution in [3.8, 4) is 0 Å². The van der Waals surface area contributed by atoms with Gasteiger partial charge in [0.15, 0.2) is 0 Å². The maximum atomic E-state index is 13.4. The molecule has 162 valence electrons. The number of nitrogens with one attached hydrogen (secondary N) is 1. The van der Waals surface area contributed by atoms with Crippen LogP contribution in [-0.2, 0) is 14.8 Å². The van der Waals surface area contributed by atoms with Gasteiger partial charge in [0.25, 0.3) is 10.0 Å². The number of carbonyl (C=O) groups excluding carboxylic acids is 1. The quantitative estimate of drug-likeness (QED) is 0.502. The van der Waals surface area contributed by atoms with Crippen LogP contribution < -0.4 is 9.62 Å². The summed E-state index contributed by atoms with van der Waals surface area (Å²) in [6.07, 6.45) is 0. The number of amides is 1. The van der Waals surface area contributed by atoms with E-state index in [4.69, 9.17) is 11.6 Å². The molecule has 0 spiro atoms. The molecule has 0 saturated heterocycles. The van der Waals surface area contributed by atoms with Crippen molar-refractivity contribution in [1.29, 1.82) is 0 Å². The molecule has 1 N–H and O–H groups in total. The molecule has 0 bridgehead atoms. The van der Waals surface area contributed by atoms with Gasteiger partial charge in [0.2, 0.25) is 5.91 Å². The Morgan fingerprint density at radius 1 is 1.00 bits per heavy atom. The molecule has 0 atom stereocenters. The maximum absolute atomic E-state index is 13.4. The normalized spacial score (nSPS) is 11.4. The lowest BCUT2D eigenvalue weighted by Crippen LogP contribution is -2.38. The van der Waals surface area contributed by atoms with Gasteiger partial charge in [-0.05, 0) is 60.4 Å². The number of rotatable bonds is 7. The summed E-state index contributed by atoms with van der Waals surface area (Å²) < 4.78 is 27.9. The van der Waals surface area contributed by atoms with E-state index in [0.29, 0.717) is 27.9 Å². The fourth-order valence-corrected chi connectivity index (χ4v) is 4.82. The molecule has 3 rings (SSSR count). The summed E-state index contributed by atoms with van der Waals surface area (Å²) >= 11 is 6.14. The zero-order valence-electron chi connectivity index (χ0n) is 17.7. The molecule has 5 nitrogen and oxygen atoms in total. The van der Waals surface area contributed by atoms with Gasteiger partial charge < -0.3 is 5.32 Å². The van der Waals surface area contributed by atoms with Gasteiger partial charge in [-0.25, -0.2) is 8.42 Å². The molecule has 3 aromatic rings. The van der Waals surface area contributed by atoms with E-state index in [2.05, 4.69) is 19.2 Å². The van der Waals surface area contributed by atoms with E-state index in [1.165, 1.54) is 12.1 Å². The Labute approximate surface area is 188 Å². The smallest absolute Gasteiger partial charge is 0.264 e. The Kier molecular flexibility index (Phi) is 7.03. The number of hydrogen-bond acceptors (Lipinski definition) is 3. The van der Waals surface area contributed by atoms with Crippen LogP contribution in [0.5, 0.6) is 0 Å². The van der Waals surface area contributed by atoms with Gasteiger partial charge in [-0.3, -0.25) is 9.10 Å². The van der Waals surface area contributed by atoms with Crippen molar-refractivity contribution in [2.75, 3.05) is 16.2 Å². The van der Waals surface area contributed by atoms with Crippen LogP contribution in [0.2, 0.25) is 5.02 Å². The highest BCUT2D eigenvalue weighted by Gasteiger charge is 2.28. The summed E-state index contributed by atoms with van der Waals surface area (Å²) in [5, 5.41) is 3.18. The highest BCUT2D eigenvalue weighted by Crippen LogP contribution is 2.29. The average molecular weight is 457 g/mol. The van der Waals surface area contributed by atoms with E-state index in [0.717, 1.165) is 9.87 Å². The van der Waals surface area contributed by atoms with E-state index in [1.807, 2.05) is 24.3 Å². The third-order valence-electron chi connectivity index (χ3n) is 4.92. The Morgan fingerprint density at radius 2 is 1.65 bits per heavy atom. The Balaban J connectivity index is 1.93. The molecule has 0 radical (unpaired) electrons. The second-order valence-corrected chi connectivity index (χ2v) is 9.88. The van der Waals surface area contributed by atoms with Crippen molar-refractivity contribution in [1.82, 2.24) is 0 Å². The number of anilines is 2. The number of aryl methyl sites for hydroxylation is 1. The highest BCUT2D eigenvalue weighted by atomic mass is 35.5. The van der Waals surface area contributed by atoms with Crippen molar-refractivity contribution in [3.05, 3.63) is 88.9 Å². The number of benzene rings is 3. The van der Waals surface area contributed by atoms with E-state index >= 15 is 0 Å². The van der Waals surface area contributed by atoms with Crippen LogP contribution in [0.1, 0.15) is 30.9 Å². The minimum absolute atomic E-state index is 0.100. The second-order valence-electron chi connectivity index (χ2n) is 7.58. The van der Waals surface area contributed by atoms with Crippen LogP contribution in [-0.4, -0.2) is 20.9 Å². The van der Waals surface area contributed by atoms with Crippen LogP contribution in [0.3, 0.4) is 0 Å². The number of carbonyl (C=O) groups is 1. The molecule has 0 aliphatic rings. The van der Waals surface area contributed by atoms with Gasteiger partial charge >= 0.3 is 0 Å². The van der Waals surface area contributed by atoms with Crippen LogP contribution in [0.4, 0.5) is 11.4 Å². The molecule has 0 aliphatic carbocycles. The zero-order chi connectivity index (χ0) is 22.6. The van der Waals surface area contributed by atoms with Gasteiger partial charge in [-0.2, -0.15) is 0 Å². The third kappa shape index (κ3) is 5.46. The molecular formula is C24H25ClN2O3S. The molecule has 0 saturated carbocycles. The number of sulfonamides is 1. The summed E-state index contributed by atoms with van der Waals surface area (Å²) in [5.74, 6) is -0.0711. The zero-order valence-corrected chi connectivity index (χ0v) is 19.2. The van der Waals surface area contributed by atoms with Gasteiger partial charge in [0.1, 0.15) is 6.54 Å². The monoisotopic (exact) mass is 456 g/mol. The first kappa shape index (κ1) is 22.8. The van der Waals surface area contributed by atoms with Crippen molar-refractivity contribution in [2.24, 2.45) is 0 Å². The van der Waals surface area contributed by atoms with Crippen LogP contribution >= 0.6 is 11.6 Å². The first-order valence-electron chi connectivity index (χ1n) is 9.92. The maximum Gasteiger partial charge on any atom is 0.264 e. The molecule has 0 unspecified atom stereocenters. The predicted molar refractivity (Wildman–Crippen MR) is 126 cm³/mol. The molecule has 1 amide bonds. The highest BCUT2D eigenvalue weighted by molar-refractivity contribution is 7.92. The lowest BCUT2D eigenvalue weighted by atomic mass is 10.0. The topological polar surface area (TPSA) is 66.5 Å². The van der Waals surface area contributed by atoms with Crippen molar-refractivity contribution in [2.45, 2.75) is 31.6 Å². The lowest BCUT2D eigenvalue weighted by Gasteiger charge is -2.26. The number of halogens is 1. The third-order valence-corrected chi connectivity index (χ3v) is 6.93. The standard InChI is InChI=1S/C24H25ClN2O3S/c1-17(2)19-10-13-21(14-11-19)26-24(28)16-27(23-15-20(25)12-9-18(23)3)31(29,30)22-7-5-4-6-8-22/h4-15,17H,16H2,1-3H3,(H,26,28). The first-order valence-corrected chi connectivity index (χ1v) is 11.7. The molecule has 3 aromatic carbocycles. The summed E-state index contributed by atoms with van der Waals surface area (Å²) in [4.78, 5) is 12.9. The summed E-state index contributed by atoms with van der Waals surface area (Å²) in [6.45, 7) is 5.58. The van der Waals surface area contributed by atoms with Gasteiger partial charge in [-0.15, -0.1) is 0 Å². The van der Waals surface area contributed by atoms with E-state index in [9.17, 15) is 13.2 Å². The van der Waals surface area contributed by atoms with E-state index in [1.54, 1.807) is 43.3 Å². The van der Waals surface area contributed by atoms with Crippen LogP contribution in [0.15, 0.2) is 77.7 Å². The molecule has 0 heterocycles. The number of nitrogens with zero attached hydrogens (tertiary/aromatic N) is 1. The van der Waals surface area contributed by atoms with Gasteiger partial charge in [0, 0.05) is 10.7 Å². The van der Waals surface area contributed by atoms with Gasteiger partial charge in [0.05, 0.1) is 10.6 Å². The Hall–Kier alpha value is -2.83. The molecular weight excluding hydrogens is 432 g/mol. The molecule has 0 aromatic heterocycles. The first-order chi connectivity index (χ1) is 14.7. The minimum atomic E-state index is -3.98. The minimum Gasteiger partial charge on any atom is -0.325 e. The van der Waals surface area contributed by atoms with Crippen molar-refractivity contribution in [3.63, 3.8) is 0 Å². The van der Waals surface area contributed by atoms with Crippen LogP contribution in [0, 0.1) is 6.92 Å². The lowest BCUT2D eigenvalue weighted by molar-refractivity contribution is -0.114. The fourth-order valence-electron chi connectivity index (χ4n) is 3.15. The summed E-state index contributed by atoms with van der Waals surface area (Å²) in [5.41, 5.74) is 2.81. The van der Waals surface area contributed by atoms with Gasteiger partial charge in [-0.1, -0.05) is 61.8 Å². The molecule has 0 aliphatic heterocycles. The summed E-state index contributed by atoms with van der Waals surface area (Å²) in [7, 11) is -3.98.